The molecular weight excluding hydrogens is 518 g/mol. The monoisotopic (exact) mass is 567 g/mol. The van der Waals surface area contributed by atoms with Crippen LogP contribution in [0.15, 0.2) is 78.9 Å². The number of benzene rings is 3. The van der Waals surface area contributed by atoms with Gasteiger partial charge in [-0.05, 0) is 102 Å². The second-order valence-electron chi connectivity index (χ2n) is 13.6. The second-order valence-corrected chi connectivity index (χ2v) is 14.0. The SMILES string of the molecule is CC(C)c1ccc2c(c1)CCC1C(C)(CNC(=S)NC(c3ccccc3)C(c3ccccc3)N(C)C)CCCC21C. The summed E-state index contributed by atoms with van der Waals surface area (Å²) in [6.07, 6.45) is 6.23. The van der Waals surface area contributed by atoms with Gasteiger partial charge in [-0.15, -0.1) is 0 Å². The van der Waals surface area contributed by atoms with Crippen LogP contribution in [0.1, 0.15) is 99.2 Å². The van der Waals surface area contributed by atoms with Gasteiger partial charge in [-0.3, -0.25) is 0 Å². The highest BCUT2D eigenvalue weighted by Crippen LogP contribution is 2.57. The molecule has 0 bridgehead atoms. The van der Waals surface area contributed by atoms with Crippen LogP contribution in [0.5, 0.6) is 0 Å². The first-order valence-corrected chi connectivity index (χ1v) is 16.0. The van der Waals surface area contributed by atoms with Gasteiger partial charge in [-0.1, -0.05) is 113 Å². The molecule has 5 rings (SSSR count). The third-order valence-corrected chi connectivity index (χ3v) is 10.5. The van der Waals surface area contributed by atoms with Gasteiger partial charge in [0.1, 0.15) is 0 Å². The van der Waals surface area contributed by atoms with Gasteiger partial charge in [0, 0.05) is 6.54 Å². The summed E-state index contributed by atoms with van der Waals surface area (Å²) in [5.74, 6) is 1.22. The fourth-order valence-electron chi connectivity index (χ4n) is 8.13. The zero-order chi connectivity index (χ0) is 29.2. The van der Waals surface area contributed by atoms with E-state index >= 15 is 0 Å². The van der Waals surface area contributed by atoms with E-state index < -0.39 is 0 Å². The first-order valence-electron chi connectivity index (χ1n) is 15.6. The largest absolute Gasteiger partial charge is 0.362 e. The topological polar surface area (TPSA) is 27.3 Å². The Balaban J connectivity index is 1.35. The molecule has 0 saturated heterocycles. The van der Waals surface area contributed by atoms with E-state index in [0.717, 1.165) is 11.7 Å². The zero-order valence-corrected chi connectivity index (χ0v) is 26.7. The molecule has 1 fully saturated rings. The van der Waals surface area contributed by atoms with Gasteiger partial charge in [0.15, 0.2) is 5.11 Å². The molecule has 2 aliphatic rings. The van der Waals surface area contributed by atoms with Gasteiger partial charge >= 0.3 is 0 Å². The summed E-state index contributed by atoms with van der Waals surface area (Å²) in [5.41, 5.74) is 7.59. The summed E-state index contributed by atoms with van der Waals surface area (Å²) in [7, 11) is 4.31. The molecule has 2 aliphatic carbocycles. The predicted molar refractivity (Wildman–Crippen MR) is 177 cm³/mol. The lowest BCUT2D eigenvalue weighted by molar-refractivity contribution is 0.0292. The highest BCUT2D eigenvalue weighted by atomic mass is 32.1. The molecule has 2 N–H and O–H groups in total. The van der Waals surface area contributed by atoms with E-state index in [1.807, 2.05) is 0 Å². The molecule has 3 aromatic rings. The van der Waals surface area contributed by atoms with Crippen LogP contribution in [0.4, 0.5) is 0 Å². The van der Waals surface area contributed by atoms with Crippen LogP contribution in [0, 0.1) is 11.3 Å². The average Bonchev–Trinajstić information content (AvgIpc) is 2.96. The smallest absolute Gasteiger partial charge is 0.166 e. The van der Waals surface area contributed by atoms with Crippen molar-refractivity contribution >= 4 is 17.3 Å². The van der Waals surface area contributed by atoms with E-state index in [0.29, 0.717) is 11.8 Å². The molecule has 4 heteroatoms. The Labute approximate surface area is 254 Å². The maximum absolute atomic E-state index is 6.04. The molecule has 3 aromatic carbocycles. The molecular formula is C37H49N3S. The van der Waals surface area contributed by atoms with E-state index in [1.54, 1.807) is 11.1 Å². The lowest BCUT2D eigenvalue weighted by Gasteiger charge is -2.55. The second kappa shape index (κ2) is 12.3. The summed E-state index contributed by atoms with van der Waals surface area (Å²) in [6, 6.07) is 29.0. The number of nitrogens with zero attached hydrogens (tertiary/aromatic N) is 1. The van der Waals surface area contributed by atoms with Crippen molar-refractivity contribution in [3.05, 3.63) is 107 Å². The minimum atomic E-state index is 0.0229. The van der Waals surface area contributed by atoms with E-state index in [2.05, 4.69) is 136 Å². The first kappa shape index (κ1) is 29.8. The van der Waals surface area contributed by atoms with Crippen molar-refractivity contribution in [2.45, 2.75) is 83.2 Å². The number of hydrogen-bond donors (Lipinski definition) is 2. The third-order valence-electron chi connectivity index (χ3n) is 10.3. The summed E-state index contributed by atoms with van der Waals surface area (Å²) in [6.45, 7) is 10.6. The number of likely N-dealkylation sites (N-methyl/N-ethyl adjacent to an activating group) is 1. The van der Waals surface area contributed by atoms with Crippen molar-refractivity contribution in [1.82, 2.24) is 15.5 Å². The lowest BCUT2D eigenvalue weighted by atomic mass is 9.49. The van der Waals surface area contributed by atoms with Crippen molar-refractivity contribution in [3.8, 4) is 0 Å². The number of fused-ring (bicyclic) bond motifs is 3. The van der Waals surface area contributed by atoms with E-state index in [-0.39, 0.29) is 22.9 Å². The number of thiocarbonyl (C=S) groups is 1. The molecule has 0 amide bonds. The Morgan fingerprint density at radius 1 is 0.902 bits per heavy atom. The Morgan fingerprint density at radius 2 is 1.56 bits per heavy atom. The molecule has 5 unspecified atom stereocenters. The molecule has 0 spiro atoms. The van der Waals surface area contributed by atoms with Crippen LogP contribution in [0.25, 0.3) is 0 Å². The molecule has 41 heavy (non-hydrogen) atoms. The van der Waals surface area contributed by atoms with Crippen LogP contribution >= 0.6 is 12.2 Å². The van der Waals surface area contributed by atoms with Crippen molar-refractivity contribution in [2.24, 2.45) is 11.3 Å². The Kier molecular flexibility index (Phi) is 8.92. The first-order chi connectivity index (χ1) is 19.6. The highest BCUT2D eigenvalue weighted by Gasteiger charge is 2.51. The van der Waals surface area contributed by atoms with Crippen molar-refractivity contribution in [1.29, 1.82) is 0 Å². The molecule has 0 heterocycles. The standard InChI is InChI=1S/C37H49N3S/c1-26(2)29-18-20-31-30(24-29)19-21-32-36(3,22-13-23-37(31,32)4)25-38-35(41)39-33(27-14-9-7-10-15-27)34(40(5)6)28-16-11-8-12-17-28/h7-12,14-18,20,24,26,32-34H,13,19,21-23,25H2,1-6H3,(H2,38,39,41). The number of rotatable bonds is 8. The highest BCUT2D eigenvalue weighted by molar-refractivity contribution is 7.80. The molecule has 5 atom stereocenters. The van der Waals surface area contributed by atoms with Gasteiger partial charge < -0.3 is 15.5 Å². The molecule has 0 aliphatic heterocycles. The zero-order valence-electron chi connectivity index (χ0n) is 25.9. The molecule has 3 nitrogen and oxygen atoms in total. The van der Waals surface area contributed by atoms with Crippen molar-refractivity contribution < 1.29 is 0 Å². The van der Waals surface area contributed by atoms with Crippen LogP contribution in [-0.4, -0.2) is 30.7 Å². The average molecular weight is 568 g/mol. The molecule has 0 radical (unpaired) electrons. The predicted octanol–water partition coefficient (Wildman–Crippen LogP) is 8.33. The summed E-state index contributed by atoms with van der Waals surface area (Å²) in [4.78, 5) is 2.29. The van der Waals surface area contributed by atoms with Crippen LogP contribution in [-0.2, 0) is 11.8 Å². The summed E-state index contributed by atoms with van der Waals surface area (Å²) < 4.78 is 0. The number of nitrogens with one attached hydrogen (secondary N) is 2. The fraction of sp³-hybridized carbons (Fsp3) is 0.486. The Morgan fingerprint density at radius 3 is 2.20 bits per heavy atom. The van der Waals surface area contributed by atoms with Crippen LogP contribution in [0.2, 0.25) is 0 Å². The van der Waals surface area contributed by atoms with Gasteiger partial charge in [-0.25, -0.2) is 0 Å². The summed E-state index contributed by atoms with van der Waals surface area (Å²) >= 11 is 6.04. The Bertz CT molecular complexity index is 1320. The van der Waals surface area contributed by atoms with E-state index in [9.17, 15) is 0 Å². The molecule has 0 aromatic heterocycles. The van der Waals surface area contributed by atoms with Gasteiger partial charge in [0.2, 0.25) is 0 Å². The molecule has 1 saturated carbocycles. The van der Waals surface area contributed by atoms with Crippen LogP contribution in [0.3, 0.4) is 0 Å². The normalized spacial score (nSPS) is 25.2. The maximum Gasteiger partial charge on any atom is 0.166 e. The van der Waals surface area contributed by atoms with Crippen LogP contribution < -0.4 is 10.6 Å². The van der Waals surface area contributed by atoms with E-state index in [1.165, 1.54) is 48.8 Å². The van der Waals surface area contributed by atoms with Gasteiger partial charge in [-0.2, -0.15) is 0 Å². The van der Waals surface area contributed by atoms with Gasteiger partial charge in [0.05, 0.1) is 12.1 Å². The fourth-order valence-corrected chi connectivity index (χ4v) is 8.33. The van der Waals surface area contributed by atoms with Crippen molar-refractivity contribution in [2.75, 3.05) is 20.6 Å². The summed E-state index contributed by atoms with van der Waals surface area (Å²) in [5, 5.41) is 8.24. The van der Waals surface area contributed by atoms with Gasteiger partial charge in [0.25, 0.3) is 0 Å². The minimum Gasteiger partial charge on any atom is -0.362 e. The third kappa shape index (κ3) is 6.10. The quantitative estimate of drug-likeness (QED) is 0.268. The maximum atomic E-state index is 6.04. The van der Waals surface area contributed by atoms with Crippen molar-refractivity contribution in [3.63, 3.8) is 0 Å². The van der Waals surface area contributed by atoms with E-state index in [4.69, 9.17) is 12.2 Å². The number of hydrogen-bond acceptors (Lipinski definition) is 2. The lowest BCUT2D eigenvalue weighted by Crippen LogP contribution is -2.54. The number of aryl methyl sites for hydroxylation is 1. The minimum absolute atomic E-state index is 0.0229. The Hall–Kier alpha value is -2.69. The molecule has 218 valence electrons.